The van der Waals surface area contributed by atoms with Crippen LogP contribution in [0.15, 0.2) is 48.5 Å². The molecule has 0 bridgehead atoms. The number of carbonyl (C=O) groups excluding carboxylic acids is 3. The molecule has 0 aromatic heterocycles. The molecule has 0 unspecified atom stereocenters. The molecule has 0 saturated carbocycles. The van der Waals surface area contributed by atoms with Crippen molar-refractivity contribution in [2.75, 3.05) is 18.1 Å². The third-order valence-corrected chi connectivity index (χ3v) is 5.13. The van der Waals surface area contributed by atoms with Gasteiger partial charge in [0.1, 0.15) is 0 Å². The topological polar surface area (TPSA) is 63.7 Å². The maximum absolute atomic E-state index is 12.6. The number of para-hydroxylation sites is 1. The first kappa shape index (κ1) is 19.8. The minimum Gasteiger partial charge on any atom is -0.457 e. The molecule has 5 heteroatoms. The van der Waals surface area contributed by atoms with Gasteiger partial charge in [0.25, 0.3) is 0 Å². The minimum atomic E-state index is -0.550. The number of ether oxygens (including phenoxy) is 1. The number of anilines is 1. The summed E-state index contributed by atoms with van der Waals surface area (Å²) in [5.41, 5.74) is 3.62. The van der Waals surface area contributed by atoms with Gasteiger partial charge in [-0.25, -0.2) is 0 Å². The molecule has 1 heterocycles. The number of ketones is 1. The summed E-state index contributed by atoms with van der Waals surface area (Å²) in [7, 11) is 0. The van der Waals surface area contributed by atoms with Gasteiger partial charge in [0, 0.05) is 24.2 Å². The maximum Gasteiger partial charge on any atom is 0.311 e. The van der Waals surface area contributed by atoms with Crippen molar-refractivity contribution in [1.29, 1.82) is 0 Å². The third kappa shape index (κ3) is 4.14. The smallest absolute Gasteiger partial charge is 0.311 e. The number of nitrogens with zero attached hydrogens (tertiary/aromatic N) is 1. The predicted molar refractivity (Wildman–Crippen MR) is 107 cm³/mol. The summed E-state index contributed by atoms with van der Waals surface area (Å²) in [6.45, 7) is 4.10. The van der Waals surface area contributed by atoms with Crippen molar-refractivity contribution in [2.24, 2.45) is 5.92 Å². The predicted octanol–water partition coefficient (Wildman–Crippen LogP) is 3.59. The summed E-state index contributed by atoms with van der Waals surface area (Å²) in [5.74, 6) is -1.37. The van der Waals surface area contributed by atoms with E-state index in [9.17, 15) is 14.4 Å². The second-order valence-corrected chi connectivity index (χ2v) is 6.93. The van der Waals surface area contributed by atoms with Crippen LogP contribution in [0.2, 0.25) is 0 Å². The number of hydrogen-bond donors (Lipinski definition) is 0. The largest absolute Gasteiger partial charge is 0.457 e. The summed E-state index contributed by atoms with van der Waals surface area (Å²) < 4.78 is 5.22. The van der Waals surface area contributed by atoms with Gasteiger partial charge < -0.3 is 9.64 Å². The Balaban J connectivity index is 1.68. The fourth-order valence-corrected chi connectivity index (χ4v) is 3.61. The highest BCUT2D eigenvalue weighted by atomic mass is 16.5. The van der Waals surface area contributed by atoms with Crippen molar-refractivity contribution >= 4 is 23.3 Å². The van der Waals surface area contributed by atoms with Gasteiger partial charge in [-0.3, -0.25) is 14.4 Å². The van der Waals surface area contributed by atoms with Gasteiger partial charge in [-0.2, -0.15) is 0 Å². The molecule has 1 aliphatic heterocycles. The van der Waals surface area contributed by atoms with E-state index < -0.39 is 11.9 Å². The second-order valence-electron chi connectivity index (χ2n) is 6.93. The summed E-state index contributed by atoms with van der Waals surface area (Å²) in [5, 5.41) is 0. The number of hydrogen-bond acceptors (Lipinski definition) is 4. The van der Waals surface area contributed by atoms with Gasteiger partial charge in [0.05, 0.1) is 5.92 Å². The molecule has 1 amide bonds. The van der Waals surface area contributed by atoms with Crippen LogP contribution < -0.4 is 4.90 Å². The van der Waals surface area contributed by atoms with Crippen LogP contribution in [0.25, 0.3) is 0 Å². The number of amides is 1. The fourth-order valence-electron chi connectivity index (χ4n) is 3.61. The number of Topliss-reactive ketones (excluding diaryl/α,β-unsaturated/α-hetero) is 1. The zero-order chi connectivity index (χ0) is 20.1. The molecule has 1 atom stereocenters. The highest BCUT2D eigenvalue weighted by molar-refractivity contribution is 6.01. The van der Waals surface area contributed by atoms with E-state index in [4.69, 9.17) is 4.74 Å². The summed E-state index contributed by atoms with van der Waals surface area (Å²) in [6, 6.07) is 14.8. The Bertz CT molecular complexity index is 853. The van der Waals surface area contributed by atoms with Crippen molar-refractivity contribution in [3.63, 3.8) is 0 Å². The van der Waals surface area contributed by atoms with Gasteiger partial charge in [-0.1, -0.05) is 62.4 Å². The molecule has 1 aliphatic rings. The number of esters is 1. The number of benzene rings is 2. The van der Waals surface area contributed by atoms with E-state index in [2.05, 4.69) is 13.8 Å². The first-order valence-electron chi connectivity index (χ1n) is 9.71. The molecule has 0 aliphatic carbocycles. The van der Waals surface area contributed by atoms with Gasteiger partial charge >= 0.3 is 5.97 Å². The van der Waals surface area contributed by atoms with Gasteiger partial charge in [0.15, 0.2) is 12.4 Å². The zero-order valence-corrected chi connectivity index (χ0v) is 16.3. The summed E-state index contributed by atoms with van der Waals surface area (Å²) >= 11 is 0. The lowest BCUT2D eigenvalue weighted by atomic mass is 10.0. The van der Waals surface area contributed by atoms with Crippen molar-refractivity contribution in [2.45, 2.75) is 33.1 Å². The van der Waals surface area contributed by atoms with E-state index in [1.54, 1.807) is 29.2 Å². The monoisotopic (exact) mass is 379 g/mol. The van der Waals surface area contributed by atoms with E-state index in [-0.39, 0.29) is 24.7 Å². The van der Waals surface area contributed by atoms with Crippen LogP contribution in [-0.2, 0) is 27.2 Å². The minimum absolute atomic E-state index is 0.0769. The molecule has 2 aromatic rings. The quantitative estimate of drug-likeness (QED) is 0.545. The van der Waals surface area contributed by atoms with Gasteiger partial charge in [0.2, 0.25) is 5.91 Å². The molecule has 2 aromatic carbocycles. The van der Waals surface area contributed by atoms with Crippen molar-refractivity contribution in [1.82, 2.24) is 0 Å². The molecule has 28 heavy (non-hydrogen) atoms. The highest BCUT2D eigenvalue weighted by Gasteiger charge is 2.37. The molecule has 0 spiro atoms. The second kappa shape index (κ2) is 8.83. The first-order valence-corrected chi connectivity index (χ1v) is 9.71. The molecule has 0 radical (unpaired) electrons. The standard InChI is InChI=1S/C23H25NO4/c1-3-16-11-8-12-17(4-2)22(16)24-14-19(13-21(24)26)23(27)28-15-20(25)18-9-6-5-7-10-18/h5-12,19H,3-4,13-15H2,1-2H3/t19-/m1/s1. The Morgan fingerprint density at radius 3 is 2.25 bits per heavy atom. The maximum atomic E-state index is 12.6. The van der Waals surface area contributed by atoms with Crippen LogP contribution in [0.5, 0.6) is 0 Å². The SMILES string of the molecule is CCc1cccc(CC)c1N1C[C@H](C(=O)OCC(=O)c2ccccc2)CC1=O. The lowest BCUT2D eigenvalue weighted by molar-refractivity contribution is -0.147. The molecule has 1 fully saturated rings. The average Bonchev–Trinajstić information content (AvgIpc) is 3.12. The zero-order valence-electron chi connectivity index (χ0n) is 16.3. The van der Waals surface area contributed by atoms with E-state index >= 15 is 0 Å². The summed E-state index contributed by atoms with van der Waals surface area (Å²) in [6.07, 6.45) is 1.74. The number of carbonyl (C=O) groups is 3. The molecular weight excluding hydrogens is 354 g/mol. The lowest BCUT2D eigenvalue weighted by Gasteiger charge is -2.23. The van der Waals surface area contributed by atoms with Crippen LogP contribution in [-0.4, -0.2) is 30.8 Å². The van der Waals surface area contributed by atoms with Crippen LogP contribution in [0, 0.1) is 5.92 Å². The van der Waals surface area contributed by atoms with Crippen LogP contribution in [0.1, 0.15) is 41.8 Å². The van der Waals surface area contributed by atoms with Crippen LogP contribution in [0.3, 0.4) is 0 Å². The van der Waals surface area contributed by atoms with E-state index in [1.807, 2.05) is 24.3 Å². The van der Waals surface area contributed by atoms with Crippen molar-refractivity contribution in [3.8, 4) is 0 Å². The fraction of sp³-hybridized carbons (Fsp3) is 0.348. The molecule has 1 saturated heterocycles. The lowest BCUT2D eigenvalue weighted by Crippen LogP contribution is -2.29. The van der Waals surface area contributed by atoms with E-state index in [0.29, 0.717) is 12.1 Å². The average molecular weight is 379 g/mol. The Labute approximate surface area is 165 Å². The molecular formula is C23H25NO4. The van der Waals surface area contributed by atoms with E-state index in [0.717, 1.165) is 29.7 Å². The molecule has 5 nitrogen and oxygen atoms in total. The molecule has 0 N–H and O–H groups in total. The van der Waals surface area contributed by atoms with Crippen molar-refractivity contribution in [3.05, 3.63) is 65.2 Å². The Hall–Kier alpha value is -2.95. The Kier molecular flexibility index (Phi) is 6.24. The van der Waals surface area contributed by atoms with Crippen LogP contribution in [0.4, 0.5) is 5.69 Å². The molecule has 146 valence electrons. The number of rotatable bonds is 7. The van der Waals surface area contributed by atoms with E-state index in [1.165, 1.54) is 0 Å². The summed E-state index contributed by atoms with van der Waals surface area (Å²) in [4.78, 5) is 38.9. The third-order valence-electron chi connectivity index (χ3n) is 5.13. The highest BCUT2D eigenvalue weighted by Crippen LogP contribution is 2.32. The number of aryl methyl sites for hydroxylation is 2. The molecule has 3 rings (SSSR count). The van der Waals surface area contributed by atoms with Crippen molar-refractivity contribution < 1.29 is 19.1 Å². The normalized spacial score (nSPS) is 16.3. The van der Waals surface area contributed by atoms with Gasteiger partial charge in [-0.15, -0.1) is 0 Å². The Morgan fingerprint density at radius 2 is 1.64 bits per heavy atom. The van der Waals surface area contributed by atoms with Crippen LogP contribution >= 0.6 is 0 Å². The first-order chi connectivity index (χ1) is 13.5. The Morgan fingerprint density at radius 1 is 1.00 bits per heavy atom. The van der Waals surface area contributed by atoms with Gasteiger partial charge in [-0.05, 0) is 24.0 Å².